The Kier molecular flexibility index (Phi) is 10.2. The second kappa shape index (κ2) is 12.9. The molecule has 1 N–H and O–H groups in total. The highest BCUT2D eigenvalue weighted by Crippen LogP contribution is 2.28. The monoisotopic (exact) mass is 526 g/mol. The Labute approximate surface area is 215 Å². The van der Waals surface area contributed by atoms with Crippen molar-refractivity contribution in [3.05, 3.63) is 68.7 Å². The predicted molar refractivity (Wildman–Crippen MR) is 139 cm³/mol. The van der Waals surface area contributed by atoms with Gasteiger partial charge in [0, 0.05) is 33.4 Å². The summed E-state index contributed by atoms with van der Waals surface area (Å²) >= 11 is 20.0. The van der Waals surface area contributed by atoms with Crippen molar-refractivity contribution in [1.29, 1.82) is 0 Å². The second-order valence-electron chi connectivity index (χ2n) is 8.36. The van der Waals surface area contributed by atoms with Crippen LogP contribution < -0.4 is 5.32 Å². The zero-order chi connectivity index (χ0) is 23.8. The number of hydrogen-bond acceptors (Lipinski definition) is 3. The Morgan fingerprint density at radius 2 is 1.67 bits per heavy atom. The van der Waals surface area contributed by atoms with E-state index in [1.807, 2.05) is 12.1 Å². The largest absolute Gasteiger partial charge is 0.352 e. The molecular weight excluding hydrogens is 499 g/mol. The van der Waals surface area contributed by atoms with Crippen LogP contribution in [0.3, 0.4) is 0 Å². The summed E-state index contributed by atoms with van der Waals surface area (Å²) in [7, 11) is 0. The number of rotatable bonds is 9. The van der Waals surface area contributed by atoms with Crippen LogP contribution >= 0.6 is 46.6 Å². The predicted octanol–water partition coefficient (Wildman–Crippen LogP) is 6.75. The molecule has 33 heavy (non-hydrogen) atoms. The van der Waals surface area contributed by atoms with Crippen molar-refractivity contribution in [2.24, 2.45) is 0 Å². The molecule has 0 heterocycles. The van der Waals surface area contributed by atoms with E-state index in [2.05, 4.69) is 5.32 Å². The van der Waals surface area contributed by atoms with E-state index in [0.29, 0.717) is 27.4 Å². The van der Waals surface area contributed by atoms with Gasteiger partial charge in [-0.2, -0.15) is 0 Å². The maximum Gasteiger partial charge on any atom is 0.242 e. The van der Waals surface area contributed by atoms with Crippen LogP contribution in [0.15, 0.2) is 42.5 Å². The molecule has 0 aliphatic heterocycles. The van der Waals surface area contributed by atoms with Crippen molar-refractivity contribution >= 4 is 58.4 Å². The van der Waals surface area contributed by atoms with Gasteiger partial charge in [0.15, 0.2) is 0 Å². The molecular formula is C25H29Cl3N2O2S. The van der Waals surface area contributed by atoms with Crippen LogP contribution in [0.4, 0.5) is 0 Å². The van der Waals surface area contributed by atoms with Gasteiger partial charge < -0.3 is 10.2 Å². The molecule has 2 aromatic rings. The highest BCUT2D eigenvalue weighted by atomic mass is 35.5. The van der Waals surface area contributed by atoms with Crippen molar-refractivity contribution in [1.82, 2.24) is 10.2 Å². The maximum absolute atomic E-state index is 13.2. The molecule has 4 nitrogen and oxygen atoms in total. The van der Waals surface area contributed by atoms with E-state index in [0.717, 1.165) is 36.8 Å². The number of halogens is 3. The van der Waals surface area contributed by atoms with Crippen LogP contribution in [0.25, 0.3) is 0 Å². The molecule has 2 amide bonds. The molecule has 1 aliphatic rings. The average molecular weight is 528 g/mol. The number of nitrogens with one attached hydrogen (secondary N) is 1. The van der Waals surface area contributed by atoms with Gasteiger partial charge in [-0.25, -0.2) is 0 Å². The minimum Gasteiger partial charge on any atom is -0.352 e. The molecule has 0 bridgehead atoms. The van der Waals surface area contributed by atoms with Gasteiger partial charge in [-0.15, -0.1) is 11.8 Å². The van der Waals surface area contributed by atoms with Crippen LogP contribution in [-0.2, 0) is 21.9 Å². The second-order valence-corrected chi connectivity index (χ2v) is 10.6. The van der Waals surface area contributed by atoms with Gasteiger partial charge in [-0.1, -0.05) is 72.3 Å². The third kappa shape index (κ3) is 7.81. The van der Waals surface area contributed by atoms with E-state index in [9.17, 15) is 9.59 Å². The highest BCUT2D eigenvalue weighted by Gasteiger charge is 2.28. The fourth-order valence-electron chi connectivity index (χ4n) is 3.93. The fraction of sp³-hybridized carbons (Fsp3) is 0.440. The first-order valence-corrected chi connectivity index (χ1v) is 13.5. The standard InChI is InChI=1S/C25H29Cl3N2O2S/c1-17(25(32)29-20-6-3-2-4-7-20)30(14-18-10-12-19(26)13-11-18)24(31)16-33-15-21-22(27)8-5-9-23(21)28/h5,8-13,17,20H,2-4,6-7,14-16H2,1H3,(H,29,32). The average Bonchev–Trinajstić information content (AvgIpc) is 2.80. The van der Waals surface area contributed by atoms with Crippen LogP contribution in [0.5, 0.6) is 0 Å². The number of amides is 2. The quantitative estimate of drug-likeness (QED) is 0.392. The lowest BCUT2D eigenvalue weighted by Gasteiger charge is -2.31. The molecule has 1 saturated carbocycles. The third-order valence-electron chi connectivity index (χ3n) is 5.92. The van der Waals surface area contributed by atoms with E-state index in [1.165, 1.54) is 18.2 Å². The van der Waals surface area contributed by atoms with E-state index in [4.69, 9.17) is 34.8 Å². The minimum atomic E-state index is -0.584. The SMILES string of the molecule is CC(C(=O)NC1CCCCC1)N(Cc1ccc(Cl)cc1)C(=O)CSCc1c(Cl)cccc1Cl. The molecule has 1 atom stereocenters. The summed E-state index contributed by atoms with van der Waals surface area (Å²) < 4.78 is 0. The summed E-state index contributed by atoms with van der Waals surface area (Å²) in [6, 6.07) is 12.3. The Balaban J connectivity index is 1.67. The van der Waals surface area contributed by atoms with Crippen molar-refractivity contribution in [3.8, 4) is 0 Å². The number of nitrogens with zero attached hydrogens (tertiary/aromatic N) is 1. The van der Waals surface area contributed by atoms with E-state index >= 15 is 0 Å². The van der Waals surface area contributed by atoms with E-state index < -0.39 is 6.04 Å². The summed E-state index contributed by atoms with van der Waals surface area (Å²) in [5.74, 6) is 0.519. The Hall–Kier alpha value is -1.40. The molecule has 2 aromatic carbocycles. The van der Waals surface area contributed by atoms with E-state index in [1.54, 1.807) is 42.2 Å². The summed E-state index contributed by atoms with van der Waals surface area (Å²) in [5, 5.41) is 4.95. The van der Waals surface area contributed by atoms with Gasteiger partial charge in [0.2, 0.25) is 11.8 Å². The number of thioether (sulfide) groups is 1. The Bertz CT molecular complexity index is 929. The van der Waals surface area contributed by atoms with Crippen molar-refractivity contribution in [3.63, 3.8) is 0 Å². The summed E-state index contributed by atoms with van der Waals surface area (Å²) in [6.45, 7) is 2.13. The lowest BCUT2D eigenvalue weighted by Crippen LogP contribution is -2.50. The van der Waals surface area contributed by atoms with Crippen molar-refractivity contribution in [2.75, 3.05) is 5.75 Å². The first kappa shape index (κ1) is 26.2. The first-order valence-electron chi connectivity index (χ1n) is 11.2. The lowest BCUT2D eigenvalue weighted by molar-refractivity contribution is -0.139. The van der Waals surface area contributed by atoms with Crippen LogP contribution in [0.1, 0.15) is 50.2 Å². The molecule has 0 saturated heterocycles. The fourth-order valence-corrected chi connectivity index (χ4v) is 5.70. The zero-order valence-electron chi connectivity index (χ0n) is 18.7. The number of benzene rings is 2. The van der Waals surface area contributed by atoms with Gasteiger partial charge in [0.05, 0.1) is 5.75 Å². The molecule has 0 aromatic heterocycles. The first-order chi connectivity index (χ1) is 15.8. The molecule has 3 rings (SSSR count). The molecule has 0 spiro atoms. The smallest absolute Gasteiger partial charge is 0.242 e. The molecule has 1 fully saturated rings. The van der Waals surface area contributed by atoms with Crippen molar-refractivity contribution < 1.29 is 9.59 Å². The van der Waals surface area contributed by atoms with E-state index in [-0.39, 0.29) is 23.6 Å². The number of carbonyl (C=O) groups is 2. The van der Waals surface area contributed by atoms with Crippen LogP contribution in [-0.4, -0.2) is 34.6 Å². The third-order valence-corrected chi connectivity index (χ3v) is 7.82. The van der Waals surface area contributed by atoms with Crippen LogP contribution in [0, 0.1) is 0 Å². The molecule has 178 valence electrons. The Morgan fingerprint density at radius 3 is 2.30 bits per heavy atom. The summed E-state index contributed by atoms with van der Waals surface area (Å²) in [5.41, 5.74) is 1.73. The van der Waals surface area contributed by atoms with Gasteiger partial charge in [-0.3, -0.25) is 9.59 Å². The summed E-state index contributed by atoms with van der Waals surface area (Å²) in [4.78, 5) is 27.9. The highest BCUT2D eigenvalue weighted by molar-refractivity contribution is 7.99. The zero-order valence-corrected chi connectivity index (χ0v) is 21.7. The summed E-state index contributed by atoms with van der Waals surface area (Å²) in [6.07, 6.45) is 5.48. The normalized spacial score (nSPS) is 15.2. The molecule has 0 radical (unpaired) electrons. The number of hydrogen-bond donors (Lipinski definition) is 1. The van der Waals surface area contributed by atoms with Gasteiger partial charge >= 0.3 is 0 Å². The topological polar surface area (TPSA) is 49.4 Å². The molecule has 1 unspecified atom stereocenters. The number of carbonyl (C=O) groups excluding carboxylic acids is 2. The Morgan fingerprint density at radius 1 is 1.03 bits per heavy atom. The van der Waals surface area contributed by atoms with Crippen molar-refractivity contribution in [2.45, 2.75) is 63.4 Å². The molecule has 1 aliphatic carbocycles. The van der Waals surface area contributed by atoms with Gasteiger partial charge in [-0.05, 0) is 55.2 Å². The van der Waals surface area contributed by atoms with Gasteiger partial charge in [0.25, 0.3) is 0 Å². The maximum atomic E-state index is 13.2. The lowest BCUT2D eigenvalue weighted by atomic mass is 9.95. The van der Waals surface area contributed by atoms with Crippen LogP contribution in [0.2, 0.25) is 15.1 Å². The van der Waals surface area contributed by atoms with Gasteiger partial charge in [0.1, 0.15) is 6.04 Å². The minimum absolute atomic E-state index is 0.107. The molecule has 8 heteroatoms.